The third kappa shape index (κ3) is 2.84. The molecule has 0 spiro atoms. The summed E-state index contributed by atoms with van der Waals surface area (Å²) in [4.78, 5) is 11.4. The SMILES string of the molecule is CC(=O)c1cnn(-c2ccccc2C(C)C)c1C(F)(F)F. The largest absolute Gasteiger partial charge is 0.434 e. The number of carbonyl (C=O) groups excluding carboxylic acids is 1. The van der Waals surface area contributed by atoms with Crippen LogP contribution in [-0.2, 0) is 6.18 Å². The van der Waals surface area contributed by atoms with Crippen LogP contribution in [0.4, 0.5) is 13.2 Å². The van der Waals surface area contributed by atoms with Crippen molar-refractivity contribution in [3.8, 4) is 5.69 Å². The zero-order valence-electron chi connectivity index (χ0n) is 11.9. The molecule has 0 aliphatic rings. The minimum Gasteiger partial charge on any atom is -0.294 e. The second-order valence-corrected chi connectivity index (χ2v) is 5.09. The van der Waals surface area contributed by atoms with Crippen LogP contribution in [0.1, 0.15) is 48.3 Å². The number of carbonyl (C=O) groups is 1. The Labute approximate surface area is 120 Å². The Kier molecular flexibility index (Phi) is 3.89. The van der Waals surface area contributed by atoms with Gasteiger partial charge in [-0.2, -0.15) is 18.3 Å². The molecule has 0 fully saturated rings. The minimum atomic E-state index is -4.65. The molecule has 3 nitrogen and oxygen atoms in total. The van der Waals surface area contributed by atoms with E-state index in [2.05, 4.69) is 5.10 Å². The predicted octanol–water partition coefficient (Wildman–Crippen LogP) is 4.22. The highest BCUT2D eigenvalue weighted by Gasteiger charge is 2.40. The number of hydrogen-bond donors (Lipinski definition) is 0. The molecule has 0 amide bonds. The smallest absolute Gasteiger partial charge is 0.294 e. The highest BCUT2D eigenvalue weighted by Crippen LogP contribution is 2.35. The van der Waals surface area contributed by atoms with Crippen molar-refractivity contribution in [1.29, 1.82) is 0 Å². The fourth-order valence-corrected chi connectivity index (χ4v) is 2.23. The maximum Gasteiger partial charge on any atom is 0.434 e. The van der Waals surface area contributed by atoms with Gasteiger partial charge in [-0.1, -0.05) is 32.0 Å². The summed E-state index contributed by atoms with van der Waals surface area (Å²) in [5.41, 5.74) is -0.363. The van der Waals surface area contributed by atoms with E-state index in [-0.39, 0.29) is 5.92 Å². The van der Waals surface area contributed by atoms with Crippen molar-refractivity contribution in [2.24, 2.45) is 0 Å². The van der Waals surface area contributed by atoms with Crippen molar-refractivity contribution in [3.63, 3.8) is 0 Å². The molecule has 0 radical (unpaired) electrons. The van der Waals surface area contributed by atoms with Gasteiger partial charge in [-0.15, -0.1) is 0 Å². The summed E-state index contributed by atoms with van der Waals surface area (Å²) in [6.07, 6.45) is -3.68. The highest BCUT2D eigenvalue weighted by atomic mass is 19.4. The van der Waals surface area contributed by atoms with Crippen LogP contribution in [0.2, 0.25) is 0 Å². The average molecular weight is 296 g/mol. The van der Waals surface area contributed by atoms with E-state index in [0.717, 1.165) is 23.4 Å². The van der Waals surface area contributed by atoms with Gasteiger partial charge in [0.05, 0.1) is 17.4 Å². The van der Waals surface area contributed by atoms with Gasteiger partial charge in [0.25, 0.3) is 0 Å². The van der Waals surface area contributed by atoms with Crippen LogP contribution in [0, 0.1) is 0 Å². The quantitative estimate of drug-likeness (QED) is 0.795. The molecule has 2 rings (SSSR count). The molecule has 0 atom stereocenters. The fraction of sp³-hybridized carbons (Fsp3) is 0.333. The van der Waals surface area contributed by atoms with Crippen LogP contribution in [0.3, 0.4) is 0 Å². The van der Waals surface area contributed by atoms with Crippen molar-refractivity contribution in [1.82, 2.24) is 9.78 Å². The molecule has 1 heterocycles. The van der Waals surface area contributed by atoms with E-state index in [1.54, 1.807) is 24.3 Å². The molecule has 1 aromatic heterocycles. The summed E-state index contributed by atoms with van der Waals surface area (Å²) in [7, 11) is 0. The third-order valence-corrected chi connectivity index (χ3v) is 3.20. The number of rotatable bonds is 3. The summed E-state index contributed by atoms with van der Waals surface area (Å²) >= 11 is 0. The lowest BCUT2D eigenvalue weighted by Crippen LogP contribution is -2.17. The molecule has 1 aromatic carbocycles. The van der Waals surface area contributed by atoms with Crippen LogP contribution in [0.25, 0.3) is 5.69 Å². The van der Waals surface area contributed by atoms with E-state index < -0.39 is 23.2 Å². The monoisotopic (exact) mass is 296 g/mol. The topological polar surface area (TPSA) is 34.9 Å². The summed E-state index contributed by atoms with van der Waals surface area (Å²) < 4.78 is 40.7. The second-order valence-electron chi connectivity index (χ2n) is 5.09. The van der Waals surface area contributed by atoms with Gasteiger partial charge in [-0.25, -0.2) is 4.68 Å². The van der Waals surface area contributed by atoms with E-state index in [0.29, 0.717) is 5.69 Å². The lowest BCUT2D eigenvalue weighted by molar-refractivity contribution is -0.143. The van der Waals surface area contributed by atoms with Crippen LogP contribution in [0.5, 0.6) is 0 Å². The summed E-state index contributed by atoms with van der Waals surface area (Å²) in [5.74, 6) is -0.622. The molecule has 2 aromatic rings. The lowest BCUT2D eigenvalue weighted by atomic mass is 10.0. The Bertz CT molecular complexity index is 672. The van der Waals surface area contributed by atoms with Gasteiger partial charge in [0.2, 0.25) is 0 Å². The molecule has 0 saturated heterocycles. The molecular weight excluding hydrogens is 281 g/mol. The summed E-state index contributed by atoms with van der Waals surface area (Å²) in [6.45, 7) is 4.88. The first-order chi connectivity index (χ1) is 9.73. The number of hydrogen-bond acceptors (Lipinski definition) is 2. The molecule has 0 saturated carbocycles. The minimum absolute atomic E-state index is 0.0345. The summed E-state index contributed by atoms with van der Waals surface area (Å²) in [5, 5.41) is 3.79. The maximum absolute atomic E-state index is 13.3. The number of alkyl halides is 3. The number of aromatic nitrogens is 2. The normalized spacial score (nSPS) is 12.0. The molecule has 21 heavy (non-hydrogen) atoms. The number of Topliss-reactive ketones (excluding diaryl/α,β-unsaturated/α-hetero) is 1. The van der Waals surface area contributed by atoms with Gasteiger partial charge < -0.3 is 0 Å². The van der Waals surface area contributed by atoms with Gasteiger partial charge in [-0.05, 0) is 24.5 Å². The number of benzene rings is 1. The zero-order valence-corrected chi connectivity index (χ0v) is 11.9. The molecule has 6 heteroatoms. The molecule has 0 unspecified atom stereocenters. The molecule has 0 aliphatic carbocycles. The zero-order chi connectivity index (χ0) is 15.8. The Hall–Kier alpha value is -2.11. The first-order valence-corrected chi connectivity index (χ1v) is 6.49. The first-order valence-electron chi connectivity index (χ1n) is 6.49. The molecule has 0 aliphatic heterocycles. The van der Waals surface area contributed by atoms with Gasteiger partial charge in [0.15, 0.2) is 11.5 Å². The third-order valence-electron chi connectivity index (χ3n) is 3.20. The fourth-order valence-electron chi connectivity index (χ4n) is 2.23. The van der Waals surface area contributed by atoms with E-state index in [9.17, 15) is 18.0 Å². The average Bonchev–Trinajstić information content (AvgIpc) is 2.83. The van der Waals surface area contributed by atoms with Gasteiger partial charge in [-0.3, -0.25) is 4.79 Å². The maximum atomic E-state index is 13.3. The second kappa shape index (κ2) is 5.35. The standard InChI is InChI=1S/C15H15F3N2O/c1-9(2)11-6-4-5-7-13(11)20-14(15(16,17)18)12(8-19-20)10(3)21/h4-9H,1-3H3. The van der Waals surface area contributed by atoms with Crippen LogP contribution >= 0.6 is 0 Å². The number of para-hydroxylation sites is 1. The van der Waals surface area contributed by atoms with Gasteiger partial charge in [0.1, 0.15) is 0 Å². The molecule has 0 N–H and O–H groups in total. The molecular formula is C15H15F3N2O. The van der Waals surface area contributed by atoms with Crippen LogP contribution in [-0.4, -0.2) is 15.6 Å². The lowest BCUT2D eigenvalue weighted by Gasteiger charge is -2.16. The molecule has 0 bridgehead atoms. The van der Waals surface area contributed by atoms with Crippen molar-refractivity contribution in [2.75, 3.05) is 0 Å². The van der Waals surface area contributed by atoms with Crippen molar-refractivity contribution >= 4 is 5.78 Å². The van der Waals surface area contributed by atoms with E-state index in [1.165, 1.54) is 0 Å². The highest BCUT2D eigenvalue weighted by molar-refractivity contribution is 5.95. The Morgan fingerprint density at radius 2 is 1.86 bits per heavy atom. The van der Waals surface area contributed by atoms with E-state index in [1.807, 2.05) is 13.8 Å². The number of halogens is 3. The Morgan fingerprint density at radius 1 is 1.24 bits per heavy atom. The van der Waals surface area contributed by atoms with E-state index >= 15 is 0 Å². The Morgan fingerprint density at radius 3 is 2.38 bits per heavy atom. The molecule has 112 valence electrons. The Balaban J connectivity index is 2.74. The number of ketones is 1. The van der Waals surface area contributed by atoms with Crippen LogP contribution in [0.15, 0.2) is 30.5 Å². The van der Waals surface area contributed by atoms with Crippen molar-refractivity contribution < 1.29 is 18.0 Å². The number of nitrogens with zero attached hydrogens (tertiary/aromatic N) is 2. The summed E-state index contributed by atoms with van der Waals surface area (Å²) in [6, 6.07) is 6.74. The van der Waals surface area contributed by atoms with E-state index in [4.69, 9.17) is 0 Å². The first kappa shape index (κ1) is 15.3. The van der Waals surface area contributed by atoms with Crippen molar-refractivity contribution in [2.45, 2.75) is 32.9 Å². The predicted molar refractivity (Wildman–Crippen MR) is 72.7 cm³/mol. The van der Waals surface area contributed by atoms with Gasteiger partial charge >= 0.3 is 6.18 Å². The van der Waals surface area contributed by atoms with Crippen molar-refractivity contribution in [3.05, 3.63) is 47.3 Å². The van der Waals surface area contributed by atoms with Crippen LogP contribution < -0.4 is 0 Å². The van der Waals surface area contributed by atoms with Gasteiger partial charge in [0, 0.05) is 0 Å².